The van der Waals surface area contributed by atoms with E-state index >= 15 is 0 Å². The van der Waals surface area contributed by atoms with Gasteiger partial charge < -0.3 is 10.3 Å². The number of hydrogen-bond acceptors (Lipinski definition) is 4. The molecule has 0 amide bonds. The Morgan fingerprint density at radius 3 is 2.82 bits per heavy atom. The fourth-order valence-electron chi connectivity index (χ4n) is 2.09. The van der Waals surface area contributed by atoms with Gasteiger partial charge in [-0.05, 0) is 18.4 Å². The maximum absolute atomic E-state index is 11.9. The van der Waals surface area contributed by atoms with Gasteiger partial charge in [0.15, 0.2) is 0 Å². The zero-order valence-corrected chi connectivity index (χ0v) is 9.63. The Bertz CT molecular complexity index is 354. The largest absolute Gasteiger partial charge is 0.593 e. The van der Waals surface area contributed by atoms with E-state index < -0.39 is 5.97 Å². The number of rotatable bonds is 4. The Morgan fingerprint density at radius 1 is 1.41 bits per heavy atom. The molecule has 0 aromatic rings. The molecule has 1 aliphatic heterocycles. The van der Waals surface area contributed by atoms with E-state index in [4.69, 9.17) is 5.11 Å². The molecule has 0 saturated carbocycles. The average molecular weight is 239 g/mol. The molecule has 2 N–H and O–H groups in total. The summed E-state index contributed by atoms with van der Waals surface area (Å²) >= 11 is 0. The molecule has 1 unspecified atom stereocenters. The number of hydrogen-bond donors (Lipinski definition) is 2. The fourth-order valence-corrected chi connectivity index (χ4v) is 2.09. The van der Waals surface area contributed by atoms with Gasteiger partial charge in [-0.2, -0.15) is 0 Å². The van der Waals surface area contributed by atoms with Crippen LogP contribution in [-0.4, -0.2) is 47.3 Å². The Morgan fingerprint density at radius 2 is 2.18 bits per heavy atom. The van der Waals surface area contributed by atoms with Crippen molar-refractivity contribution in [2.45, 2.75) is 12.8 Å². The van der Waals surface area contributed by atoms with Gasteiger partial charge in [0, 0.05) is 0 Å². The zero-order chi connectivity index (χ0) is 12.3. The molecule has 0 aromatic heterocycles. The minimum absolute atomic E-state index is 0.174. The van der Waals surface area contributed by atoms with Gasteiger partial charge in [0.25, 0.3) is 0 Å². The zero-order valence-electron chi connectivity index (χ0n) is 9.63. The summed E-state index contributed by atoms with van der Waals surface area (Å²) in [5.74, 6) is -0.961. The summed E-state index contributed by atoms with van der Waals surface area (Å²) in [6, 6.07) is 0. The number of quaternary nitrogens is 1. The monoisotopic (exact) mass is 239 g/mol. The van der Waals surface area contributed by atoms with Crippen molar-refractivity contribution in [2.75, 3.05) is 26.2 Å². The molecule has 1 aliphatic carbocycles. The number of carboxylic acids is 1. The molecule has 0 bridgehead atoms. The second kappa shape index (κ2) is 5.42. The number of carbonyl (C=O) groups is 1. The third kappa shape index (κ3) is 3.13. The van der Waals surface area contributed by atoms with Crippen LogP contribution in [0.15, 0.2) is 23.8 Å². The molecule has 2 rings (SSSR count). The lowest BCUT2D eigenvalue weighted by Crippen LogP contribution is -3.17. The molecule has 17 heavy (non-hydrogen) atoms. The summed E-state index contributed by atoms with van der Waals surface area (Å²) < 4.78 is 0. The molecule has 2 aliphatic rings. The molecule has 1 heterocycles. The second-order valence-corrected chi connectivity index (χ2v) is 4.28. The van der Waals surface area contributed by atoms with E-state index in [1.54, 1.807) is 5.01 Å². The summed E-state index contributed by atoms with van der Waals surface area (Å²) in [5, 5.41) is 23.4. The minimum atomic E-state index is -0.961. The predicted octanol–water partition coefficient (Wildman–Crippen LogP) is -0.822. The molecule has 6 nitrogen and oxygen atoms in total. The van der Waals surface area contributed by atoms with Crippen molar-refractivity contribution in [3.8, 4) is 0 Å². The normalized spacial score (nSPS) is 26.2. The van der Waals surface area contributed by atoms with Gasteiger partial charge in [-0.3, -0.25) is 4.79 Å². The highest BCUT2D eigenvalue weighted by Gasteiger charge is 2.30. The first-order valence-corrected chi connectivity index (χ1v) is 5.78. The Labute approximate surface area is 99.9 Å². The fraction of sp³-hybridized carbons (Fsp3) is 0.545. The first-order chi connectivity index (χ1) is 8.16. The topological polar surface area (TPSA) is 71.3 Å². The first kappa shape index (κ1) is 12.3. The molecule has 0 radical (unpaired) electrons. The van der Waals surface area contributed by atoms with Gasteiger partial charge in [-0.15, -0.1) is 10.0 Å². The Balaban J connectivity index is 1.88. The van der Waals surface area contributed by atoms with Crippen molar-refractivity contribution < 1.29 is 15.2 Å². The van der Waals surface area contributed by atoms with E-state index in [2.05, 4.69) is 12.2 Å². The number of carboxylic acid groups (broad SMARTS) is 1. The van der Waals surface area contributed by atoms with E-state index in [0.29, 0.717) is 19.6 Å². The van der Waals surface area contributed by atoms with Crippen molar-refractivity contribution in [3.63, 3.8) is 0 Å². The summed E-state index contributed by atoms with van der Waals surface area (Å²) in [7, 11) is 0. The summed E-state index contributed by atoms with van der Waals surface area (Å²) in [6.45, 7) is 1.50. The van der Waals surface area contributed by atoms with Gasteiger partial charge >= 0.3 is 5.97 Å². The summed E-state index contributed by atoms with van der Waals surface area (Å²) in [4.78, 5) is 10.6. The van der Waals surface area contributed by atoms with Crippen LogP contribution in [0.2, 0.25) is 0 Å². The third-order valence-electron chi connectivity index (χ3n) is 2.95. The van der Waals surface area contributed by atoms with E-state index in [0.717, 1.165) is 18.4 Å². The van der Waals surface area contributed by atoms with E-state index in [-0.39, 0.29) is 11.8 Å². The standard InChI is InChI=1S/C11H17N3O3/c15-11(16)9-13-7-6-12(14(13)17)8-10-4-2-1-3-5-10/h2,4-5,14H,1,3,6-9H2,(H,15,16). The summed E-state index contributed by atoms with van der Waals surface area (Å²) in [6.07, 6.45) is 8.35. The molecule has 94 valence electrons. The van der Waals surface area contributed by atoms with Crippen LogP contribution in [0, 0.1) is 5.21 Å². The van der Waals surface area contributed by atoms with Crippen LogP contribution in [-0.2, 0) is 4.79 Å². The SMILES string of the molecule is O=C(O)CN1CCN(CC2=CCCC=C2)[NH+]1[O-]. The quantitative estimate of drug-likeness (QED) is 0.627. The van der Waals surface area contributed by atoms with Gasteiger partial charge in [-0.25, -0.2) is 5.28 Å². The van der Waals surface area contributed by atoms with Gasteiger partial charge in [0.1, 0.15) is 6.54 Å². The van der Waals surface area contributed by atoms with Crippen molar-refractivity contribution in [1.82, 2.24) is 10.0 Å². The van der Waals surface area contributed by atoms with Crippen LogP contribution in [0.5, 0.6) is 0 Å². The molecule has 6 heteroatoms. The van der Waals surface area contributed by atoms with Crippen LogP contribution in [0.25, 0.3) is 0 Å². The smallest absolute Gasteiger partial charge is 0.323 e. The van der Waals surface area contributed by atoms with E-state index in [1.165, 1.54) is 5.01 Å². The van der Waals surface area contributed by atoms with Crippen LogP contribution in [0.3, 0.4) is 0 Å². The lowest BCUT2D eigenvalue weighted by Gasteiger charge is -2.31. The first-order valence-electron chi connectivity index (χ1n) is 5.78. The lowest BCUT2D eigenvalue weighted by molar-refractivity contribution is -1.06. The minimum Gasteiger partial charge on any atom is -0.593 e. The maximum atomic E-state index is 11.9. The number of allylic oxidation sites excluding steroid dienone is 2. The maximum Gasteiger partial charge on any atom is 0.323 e. The van der Waals surface area contributed by atoms with Gasteiger partial charge in [-0.1, -0.05) is 18.2 Å². The molecular formula is C11H17N3O3. The second-order valence-electron chi connectivity index (χ2n) is 4.28. The number of aliphatic carboxylic acids is 1. The summed E-state index contributed by atoms with van der Waals surface area (Å²) in [5.41, 5.74) is 1.14. The Kier molecular flexibility index (Phi) is 3.90. The Hall–Kier alpha value is -1.21. The highest BCUT2D eigenvalue weighted by atomic mass is 16.6. The number of nitrogens with one attached hydrogen (secondary N) is 1. The van der Waals surface area contributed by atoms with Crippen LogP contribution < -0.4 is 5.28 Å². The lowest BCUT2D eigenvalue weighted by atomic mass is 10.1. The van der Waals surface area contributed by atoms with Crippen LogP contribution in [0.4, 0.5) is 0 Å². The van der Waals surface area contributed by atoms with Crippen molar-refractivity contribution in [2.24, 2.45) is 0 Å². The molecular weight excluding hydrogens is 222 g/mol. The molecule has 0 aromatic carbocycles. The van der Waals surface area contributed by atoms with E-state index in [1.807, 2.05) is 6.08 Å². The van der Waals surface area contributed by atoms with Crippen LogP contribution >= 0.6 is 0 Å². The van der Waals surface area contributed by atoms with Crippen LogP contribution in [0.1, 0.15) is 12.8 Å². The molecule has 0 spiro atoms. The predicted molar refractivity (Wildman–Crippen MR) is 61.6 cm³/mol. The molecule has 1 saturated heterocycles. The van der Waals surface area contributed by atoms with Crippen molar-refractivity contribution >= 4 is 5.97 Å². The third-order valence-corrected chi connectivity index (χ3v) is 2.95. The molecule has 1 atom stereocenters. The molecule has 1 fully saturated rings. The average Bonchev–Trinajstić information content (AvgIpc) is 2.62. The van der Waals surface area contributed by atoms with Gasteiger partial charge in [0.05, 0.1) is 19.6 Å². The highest BCUT2D eigenvalue weighted by Crippen LogP contribution is 2.10. The van der Waals surface area contributed by atoms with E-state index in [9.17, 15) is 10.0 Å². The van der Waals surface area contributed by atoms with Crippen molar-refractivity contribution in [3.05, 3.63) is 29.0 Å². The van der Waals surface area contributed by atoms with Gasteiger partial charge in [0.2, 0.25) is 0 Å². The van der Waals surface area contributed by atoms with Crippen molar-refractivity contribution in [1.29, 1.82) is 0 Å². The highest BCUT2D eigenvalue weighted by molar-refractivity contribution is 5.68. The number of nitrogens with zero attached hydrogens (tertiary/aromatic N) is 2.